The largest absolute Gasteiger partial charge is 0.444 e. The van der Waals surface area contributed by atoms with Gasteiger partial charge in [0.1, 0.15) is 11.7 Å². The molecule has 0 spiro atoms. The molecule has 0 saturated carbocycles. The SMILES string of the molecule is CC(C)(C)OC(=O)NCCC#CC(O)CCc1ccccc1. The molecule has 1 atom stereocenters. The molecule has 0 radical (unpaired) electrons. The van der Waals surface area contributed by atoms with Crippen molar-refractivity contribution in [2.45, 2.75) is 51.7 Å². The number of rotatable bonds is 5. The number of amides is 1. The maximum atomic E-state index is 11.4. The first-order valence-corrected chi connectivity index (χ1v) is 7.54. The second-order valence-electron chi connectivity index (χ2n) is 6.04. The highest BCUT2D eigenvalue weighted by molar-refractivity contribution is 5.67. The zero-order valence-corrected chi connectivity index (χ0v) is 13.6. The summed E-state index contributed by atoms with van der Waals surface area (Å²) < 4.78 is 5.11. The van der Waals surface area contributed by atoms with Crippen LogP contribution in [-0.4, -0.2) is 29.4 Å². The number of carbonyl (C=O) groups is 1. The quantitative estimate of drug-likeness (QED) is 0.649. The third-order valence-corrected chi connectivity index (χ3v) is 2.74. The van der Waals surface area contributed by atoms with E-state index in [2.05, 4.69) is 17.2 Å². The van der Waals surface area contributed by atoms with Gasteiger partial charge in [-0.05, 0) is 39.2 Å². The number of ether oxygens (including phenoxy) is 1. The van der Waals surface area contributed by atoms with Crippen LogP contribution in [-0.2, 0) is 11.2 Å². The Morgan fingerprint density at radius 1 is 1.32 bits per heavy atom. The normalized spacial score (nSPS) is 12.0. The Balaban J connectivity index is 2.17. The number of nitrogens with one attached hydrogen (secondary N) is 1. The maximum Gasteiger partial charge on any atom is 0.407 e. The van der Waals surface area contributed by atoms with Crippen molar-refractivity contribution in [3.8, 4) is 11.8 Å². The van der Waals surface area contributed by atoms with Gasteiger partial charge in [-0.3, -0.25) is 0 Å². The van der Waals surface area contributed by atoms with E-state index in [-0.39, 0.29) is 0 Å². The van der Waals surface area contributed by atoms with Crippen LogP contribution in [0, 0.1) is 11.8 Å². The number of carbonyl (C=O) groups excluding carboxylic acids is 1. The predicted molar refractivity (Wildman–Crippen MR) is 87.4 cm³/mol. The second kappa shape index (κ2) is 9.11. The van der Waals surface area contributed by atoms with Gasteiger partial charge in [0.2, 0.25) is 0 Å². The van der Waals surface area contributed by atoms with E-state index in [1.165, 1.54) is 5.56 Å². The highest BCUT2D eigenvalue weighted by atomic mass is 16.6. The van der Waals surface area contributed by atoms with Gasteiger partial charge in [-0.15, -0.1) is 0 Å². The lowest BCUT2D eigenvalue weighted by Gasteiger charge is -2.19. The molecule has 22 heavy (non-hydrogen) atoms. The third kappa shape index (κ3) is 9.04. The fourth-order valence-corrected chi connectivity index (χ4v) is 1.75. The number of aliphatic hydroxyl groups is 1. The Morgan fingerprint density at radius 3 is 2.64 bits per heavy atom. The average molecular weight is 303 g/mol. The number of aliphatic hydroxyl groups excluding tert-OH is 1. The zero-order valence-electron chi connectivity index (χ0n) is 13.6. The summed E-state index contributed by atoms with van der Waals surface area (Å²) in [6.07, 6.45) is 0.811. The van der Waals surface area contributed by atoms with Crippen LogP contribution in [0.25, 0.3) is 0 Å². The molecular formula is C18H25NO3. The molecule has 0 aromatic heterocycles. The maximum absolute atomic E-state index is 11.4. The van der Waals surface area contributed by atoms with Gasteiger partial charge in [0.25, 0.3) is 0 Å². The van der Waals surface area contributed by atoms with E-state index in [0.29, 0.717) is 19.4 Å². The summed E-state index contributed by atoms with van der Waals surface area (Å²) >= 11 is 0. The van der Waals surface area contributed by atoms with Gasteiger partial charge < -0.3 is 15.2 Å². The predicted octanol–water partition coefficient (Wildman–Crippen LogP) is 2.90. The number of aryl methyl sites for hydroxylation is 1. The van der Waals surface area contributed by atoms with Crippen LogP contribution in [0.15, 0.2) is 30.3 Å². The monoisotopic (exact) mass is 303 g/mol. The van der Waals surface area contributed by atoms with E-state index >= 15 is 0 Å². The van der Waals surface area contributed by atoms with Gasteiger partial charge in [0.15, 0.2) is 0 Å². The summed E-state index contributed by atoms with van der Waals surface area (Å²) in [6, 6.07) is 10.00. The molecule has 0 saturated heterocycles. The molecule has 4 heteroatoms. The van der Waals surface area contributed by atoms with E-state index in [1.54, 1.807) is 0 Å². The summed E-state index contributed by atoms with van der Waals surface area (Å²) in [5, 5.41) is 12.4. The zero-order chi connectivity index (χ0) is 16.4. The Bertz CT molecular complexity index is 509. The topological polar surface area (TPSA) is 58.6 Å². The fourth-order valence-electron chi connectivity index (χ4n) is 1.75. The van der Waals surface area contributed by atoms with Gasteiger partial charge in [-0.25, -0.2) is 4.79 Å². The first-order chi connectivity index (χ1) is 10.4. The van der Waals surface area contributed by atoms with Crippen LogP contribution in [0.1, 0.15) is 39.2 Å². The van der Waals surface area contributed by atoms with Gasteiger partial charge in [0, 0.05) is 13.0 Å². The molecule has 120 valence electrons. The van der Waals surface area contributed by atoms with Crippen LogP contribution in [0.2, 0.25) is 0 Å². The van der Waals surface area contributed by atoms with E-state index in [0.717, 1.165) is 6.42 Å². The Hall–Kier alpha value is -1.99. The molecule has 1 aromatic carbocycles. The minimum atomic E-state index is -0.637. The second-order valence-corrected chi connectivity index (χ2v) is 6.04. The Morgan fingerprint density at radius 2 is 2.00 bits per heavy atom. The first kappa shape index (κ1) is 18.1. The molecule has 0 fully saturated rings. The van der Waals surface area contributed by atoms with Crippen molar-refractivity contribution in [1.29, 1.82) is 0 Å². The fraction of sp³-hybridized carbons (Fsp3) is 0.500. The molecule has 1 aromatic rings. The molecule has 1 amide bonds. The summed E-state index contributed by atoms with van der Waals surface area (Å²) in [7, 11) is 0. The van der Waals surface area contributed by atoms with E-state index in [4.69, 9.17) is 4.74 Å². The van der Waals surface area contributed by atoms with E-state index < -0.39 is 17.8 Å². The summed E-state index contributed by atoms with van der Waals surface area (Å²) in [6.45, 7) is 5.85. The van der Waals surface area contributed by atoms with Crippen LogP contribution >= 0.6 is 0 Å². The molecule has 1 unspecified atom stereocenters. The molecule has 0 aliphatic rings. The van der Waals surface area contributed by atoms with Gasteiger partial charge in [-0.1, -0.05) is 42.2 Å². The summed E-state index contributed by atoms with van der Waals surface area (Å²) in [5.41, 5.74) is 0.693. The number of alkyl carbamates (subject to hydrolysis) is 1. The van der Waals surface area contributed by atoms with Gasteiger partial charge >= 0.3 is 6.09 Å². The van der Waals surface area contributed by atoms with Crippen LogP contribution in [0.5, 0.6) is 0 Å². The summed E-state index contributed by atoms with van der Waals surface area (Å²) in [4.78, 5) is 11.4. The molecule has 0 heterocycles. The highest BCUT2D eigenvalue weighted by Gasteiger charge is 2.15. The Kier molecular flexibility index (Phi) is 7.48. The lowest BCUT2D eigenvalue weighted by molar-refractivity contribution is 0.0529. The molecule has 4 nitrogen and oxygen atoms in total. The standard InChI is InChI=1S/C18H25NO3/c1-18(2,3)22-17(21)19-14-8-7-11-16(20)13-12-15-9-5-4-6-10-15/h4-6,9-10,16,20H,8,12-14H2,1-3H3,(H,19,21). The van der Waals surface area contributed by atoms with E-state index in [1.807, 2.05) is 51.1 Å². The average Bonchev–Trinajstić information content (AvgIpc) is 2.44. The van der Waals surface area contributed by atoms with Crippen molar-refractivity contribution in [3.05, 3.63) is 35.9 Å². The summed E-state index contributed by atoms with van der Waals surface area (Å²) in [5.74, 6) is 5.66. The van der Waals surface area contributed by atoms with Gasteiger partial charge in [-0.2, -0.15) is 0 Å². The lowest BCUT2D eigenvalue weighted by atomic mass is 10.1. The third-order valence-electron chi connectivity index (χ3n) is 2.74. The van der Waals surface area contributed by atoms with Crippen molar-refractivity contribution >= 4 is 6.09 Å². The van der Waals surface area contributed by atoms with Crippen molar-refractivity contribution in [1.82, 2.24) is 5.32 Å². The smallest absolute Gasteiger partial charge is 0.407 e. The number of hydrogen-bond acceptors (Lipinski definition) is 3. The Labute approximate surface area is 132 Å². The molecule has 1 rings (SSSR count). The highest BCUT2D eigenvalue weighted by Crippen LogP contribution is 2.06. The van der Waals surface area contributed by atoms with Crippen LogP contribution in [0.3, 0.4) is 0 Å². The first-order valence-electron chi connectivity index (χ1n) is 7.54. The minimum Gasteiger partial charge on any atom is -0.444 e. The number of benzene rings is 1. The minimum absolute atomic E-state index is 0.410. The number of hydrogen-bond donors (Lipinski definition) is 2. The molecule has 2 N–H and O–H groups in total. The lowest BCUT2D eigenvalue weighted by Crippen LogP contribution is -2.32. The molecule has 0 aliphatic heterocycles. The van der Waals surface area contributed by atoms with Crippen molar-refractivity contribution in [2.24, 2.45) is 0 Å². The molecule has 0 aliphatic carbocycles. The van der Waals surface area contributed by atoms with Gasteiger partial charge in [0.05, 0.1) is 0 Å². The van der Waals surface area contributed by atoms with Crippen molar-refractivity contribution < 1.29 is 14.6 Å². The van der Waals surface area contributed by atoms with Crippen LogP contribution in [0.4, 0.5) is 4.79 Å². The van der Waals surface area contributed by atoms with Crippen LogP contribution < -0.4 is 5.32 Å². The van der Waals surface area contributed by atoms with Crippen molar-refractivity contribution in [3.63, 3.8) is 0 Å². The molecular weight excluding hydrogens is 278 g/mol. The molecule has 0 bridgehead atoms. The van der Waals surface area contributed by atoms with E-state index in [9.17, 15) is 9.90 Å². The van der Waals surface area contributed by atoms with Crippen molar-refractivity contribution in [2.75, 3.05) is 6.54 Å².